The molecule has 1 fully saturated rings. The lowest BCUT2D eigenvalue weighted by Gasteiger charge is -2.40. The summed E-state index contributed by atoms with van der Waals surface area (Å²) in [5.74, 6) is 0. The molecule has 0 radical (unpaired) electrons. The highest BCUT2D eigenvalue weighted by Gasteiger charge is 2.27. The van der Waals surface area contributed by atoms with Crippen molar-refractivity contribution in [1.82, 2.24) is 9.34 Å². The van der Waals surface area contributed by atoms with E-state index < -0.39 is 0 Å². The third-order valence-corrected chi connectivity index (χ3v) is 5.70. The van der Waals surface area contributed by atoms with Gasteiger partial charge in [0.25, 0.3) is 0 Å². The Morgan fingerprint density at radius 1 is 1.00 bits per heavy atom. The molecule has 0 aromatic carbocycles. The summed E-state index contributed by atoms with van der Waals surface area (Å²) in [6.45, 7) is 14.3. The summed E-state index contributed by atoms with van der Waals surface area (Å²) < 4.78 is 5.34. The van der Waals surface area contributed by atoms with Gasteiger partial charge < -0.3 is 0 Å². The average Bonchev–Trinajstić information content (AvgIpc) is 2.53. The van der Waals surface area contributed by atoms with Crippen LogP contribution < -0.4 is 0 Å². The topological polar surface area (TPSA) is 6.48 Å². The molecule has 1 heterocycles. The third kappa shape index (κ3) is 2.92. The Bertz CT molecular complexity index is 157. The van der Waals surface area contributed by atoms with Gasteiger partial charge in [-0.25, -0.2) is 0 Å². The maximum Gasteiger partial charge on any atom is 0.0366 e. The van der Waals surface area contributed by atoms with Crippen LogP contribution in [-0.4, -0.2) is 41.2 Å². The molecule has 0 aromatic heterocycles. The molecule has 0 spiro atoms. The van der Waals surface area contributed by atoms with Gasteiger partial charge in [-0.3, -0.25) is 9.34 Å². The number of nitrogens with zero attached hydrogens (tertiary/aromatic N) is 2. The number of hydrogen-bond donors (Lipinski definition) is 0. The molecule has 1 unspecified atom stereocenters. The Hall–Kier alpha value is 0.350. The second-order valence-corrected chi connectivity index (χ2v) is 6.72. The largest absolute Gasteiger partial charge is 0.270 e. The van der Waals surface area contributed by atoms with Crippen molar-refractivity contribution in [2.45, 2.75) is 52.6 Å². The Morgan fingerprint density at radius 2 is 1.43 bits per heavy atom. The highest BCUT2D eigenvalue weighted by molar-refractivity contribution is 7.51. The van der Waals surface area contributed by atoms with Crippen molar-refractivity contribution >= 4 is 8.22 Å². The van der Waals surface area contributed by atoms with Gasteiger partial charge in [0.2, 0.25) is 0 Å². The zero-order valence-electron chi connectivity index (χ0n) is 10.3. The molecule has 1 saturated heterocycles. The van der Waals surface area contributed by atoms with Gasteiger partial charge >= 0.3 is 0 Å². The molecule has 0 saturated carbocycles. The summed E-state index contributed by atoms with van der Waals surface area (Å²) in [4.78, 5) is 0. The zero-order chi connectivity index (χ0) is 10.7. The Morgan fingerprint density at radius 3 is 1.79 bits per heavy atom. The smallest absolute Gasteiger partial charge is 0.0366 e. The first kappa shape index (κ1) is 12.4. The fourth-order valence-corrected chi connectivity index (χ4v) is 4.89. The fraction of sp³-hybridized carbons (Fsp3) is 1.00. The van der Waals surface area contributed by atoms with E-state index in [1.165, 1.54) is 25.9 Å². The number of hydrogen-bond acceptors (Lipinski definition) is 2. The standard InChI is InChI=1S/C11H25N2P/c1-10(2)13(11(3)4)14(5)12-8-6-7-9-12/h10-11H,6-9H2,1-5H3. The van der Waals surface area contributed by atoms with Crippen LogP contribution in [0.3, 0.4) is 0 Å². The Balaban J connectivity index is 2.57. The molecule has 0 bridgehead atoms. The minimum Gasteiger partial charge on any atom is -0.270 e. The van der Waals surface area contributed by atoms with Crippen molar-refractivity contribution < 1.29 is 0 Å². The monoisotopic (exact) mass is 216 g/mol. The predicted octanol–water partition coefficient (Wildman–Crippen LogP) is 3.14. The summed E-state index contributed by atoms with van der Waals surface area (Å²) in [6.07, 6.45) is 2.80. The van der Waals surface area contributed by atoms with Crippen LogP contribution in [0.4, 0.5) is 0 Å². The van der Waals surface area contributed by atoms with Crippen LogP contribution in [0, 0.1) is 0 Å². The molecule has 1 aliphatic rings. The van der Waals surface area contributed by atoms with Crippen molar-refractivity contribution in [1.29, 1.82) is 0 Å². The van der Waals surface area contributed by atoms with E-state index in [1.54, 1.807) is 0 Å². The van der Waals surface area contributed by atoms with Crippen LogP contribution in [0.25, 0.3) is 0 Å². The van der Waals surface area contributed by atoms with E-state index in [-0.39, 0.29) is 8.22 Å². The van der Waals surface area contributed by atoms with Crippen LogP contribution in [-0.2, 0) is 0 Å². The van der Waals surface area contributed by atoms with Gasteiger partial charge in [0.05, 0.1) is 0 Å². The Labute approximate surface area is 90.5 Å². The van der Waals surface area contributed by atoms with Crippen LogP contribution in [0.15, 0.2) is 0 Å². The second kappa shape index (κ2) is 5.44. The summed E-state index contributed by atoms with van der Waals surface area (Å²) >= 11 is 0. The van der Waals surface area contributed by atoms with Gasteiger partial charge in [0.1, 0.15) is 0 Å². The molecule has 0 N–H and O–H groups in total. The fourth-order valence-electron chi connectivity index (χ4n) is 2.40. The van der Waals surface area contributed by atoms with Crippen LogP contribution >= 0.6 is 8.22 Å². The van der Waals surface area contributed by atoms with E-state index >= 15 is 0 Å². The summed E-state index contributed by atoms with van der Waals surface area (Å²) in [7, 11) is -0.0574. The average molecular weight is 216 g/mol. The maximum absolute atomic E-state index is 2.68. The lowest BCUT2D eigenvalue weighted by molar-refractivity contribution is 0.304. The van der Waals surface area contributed by atoms with Crippen molar-refractivity contribution in [3.63, 3.8) is 0 Å². The molecule has 0 aromatic rings. The van der Waals surface area contributed by atoms with Gasteiger partial charge in [-0.05, 0) is 47.2 Å². The van der Waals surface area contributed by atoms with E-state index in [0.717, 1.165) is 0 Å². The van der Waals surface area contributed by atoms with E-state index in [2.05, 4.69) is 43.7 Å². The van der Waals surface area contributed by atoms with Crippen molar-refractivity contribution in [3.05, 3.63) is 0 Å². The molecule has 3 heteroatoms. The minimum atomic E-state index is -0.0574. The SMILES string of the molecule is CC(C)N(C(C)C)P(C)N1CCCC1. The molecule has 1 rings (SSSR count). The molecular weight excluding hydrogens is 191 g/mol. The molecule has 84 valence electrons. The molecule has 0 amide bonds. The molecule has 14 heavy (non-hydrogen) atoms. The number of rotatable bonds is 4. The van der Waals surface area contributed by atoms with Gasteiger partial charge in [-0.1, -0.05) is 0 Å². The van der Waals surface area contributed by atoms with Crippen LogP contribution in [0.5, 0.6) is 0 Å². The quantitative estimate of drug-likeness (QED) is 0.666. The zero-order valence-corrected chi connectivity index (χ0v) is 11.2. The molecule has 1 aliphatic heterocycles. The maximum atomic E-state index is 2.68. The highest BCUT2D eigenvalue weighted by Crippen LogP contribution is 2.45. The van der Waals surface area contributed by atoms with Crippen molar-refractivity contribution in [2.75, 3.05) is 19.8 Å². The third-order valence-electron chi connectivity index (χ3n) is 2.88. The first-order valence-corrected chi connectivity index (χ1v) is 7.50. The van der Waals surface area contributed by atoms with Crippen LogP contribution in [0.1, 0.15) is 40.5 Å². The molecule has 2 nitrogen and oxygen atoms in total. The molecular formula is C11H25N2P. The highest BCUT2D eigenvalue weighted by atomic mass is 31.1. The van der Waals surface area contributed by atoms with Crippen molar-refractivity contribution in [2.24, 2.45) is 0 Å². The summed E-state index contributed by atoms with van der Waals surface area (Å²) in [5.41, 5.74) is 0. The normalized spacial score (nSPS) is 21.4. The van der Waals surface area contributed by atoms with E-state index in [1.807, 2.05) is 0 Å². The van der Waals surface area contributed by atoms with Gasteiger partial charge in [-0.15, -0.1) is 0 Å². The van der Waals surface area contributed by atoms with E-state index in [0.29, 0.717) is 12.1 Å². The predicted molar refractivity (Wildman–Crippen MR) is 65.8 cm³/mol. The Kier molecular flexibility index (Phi) is 4.82. The lowest BCUT2D eigenvalue weighted by atomic mass is 10.3. The summed E-state index contributed by atoms with van der Waals surface area (Å²) in [6, 6.07) is 1.35. The van der Waals surface area contributed by atoms with Gasteiger partial charge in [-0.2, -0.15) is 0 Å². The minimum absolute atomic E-state index is 0.0574. The van der Waals surface area contributed by atoms with Gasteiger partial charge in [0.15, 0.2) is 0 Å². The van der Waals surface area contributed by atoms with E-state index in [9.17, 15) is 0 Å². The summed E-state index contributed by atoms with van der Waals surface area (Å²) in [5, 5.41) is 0. The lowest BCUT2D eigenvalue weighted by Crippen LogP contribution is -2.36. The van der Waals surface area contributed by atoms with Crippen molar-refractivity contribution in [3.8, 4) is 0 Å². The van der Waals surface area contributed by atoms with E-state index in [4.69, 9.17) is 0 Å². The second-order valence-electron chi connectivity index (χ2n) is 4.72. The first-order valence-electron chi connectivity index (χ1n) is 5.81. The first-order chi connectivity index (χ1) is 6.54. The van der Waals surface area contributed by atoms with Crippen LogP contribution in [0.2, 0.25) is 0 Å². The van der Waals surface area contributed by atoms with Gasteiger partial charge in [0, 0.05) is 33.4 Å². The molecule has 0 aliphatic carbocycles. The molecule has 1 atom stereocenters.